The van der Waals surface area contributed by atoms with Crippen LogP contribution in [0, 0.1) is 0 Å². The van der Waals surface area contributed by atoms with Crippen LogP contribution in [-0.4, -0.2) is 58.9 Å². The van der Waals surface area contributed by atoms with Crippen LogP contribution in [0.15, 0.2) is 12.2 Å². The minimum absolute atomic E-state index is 0.301. The van der Waals surface area contributed by atoms with Gasteiger partial charge in [-0.3, -0.25) is 12.5 Å². The van der Waals surface area contributed by atoms with Crippen molar-refractivity contribution in [2.45, 2.75) is 71.1 Å². The molecule has 0 spiro atoms. The van der Waals surface area contributed by atoms with Gasteiger partial charge in [0.1, 0.15) is 0 Å². The van der Waals surface area contributed by atoms with Gasteiger partial charge in [0.2, 0.25) is 0 Å². The van der Waals surface area contributed by atoms with E-state index in [9.17, 15) is 9.59 Å². The lowest BCUT2D eigenvalue weighted by atomic mass is 10.1. The molecule has 0 aliphatic heterocycles. The molecule has 184 valence electrons. The van der Waals surface area contributed by atoms with Gasteiger partial charge in [0.05, 0.1) is 45.4 Å². The number of carbonyl (C=O) groups excluding carboxylic acids is 2. The molecule has 0 radical (unpaired) electrons. The third-order valence-corrected chi connectivity index (χ3v) is 7.02. The number of nitrogens with one attached hydrogen (secondary N) is 1. The molecular weight excluding hydrogens is 422 g/mol. The second-order valence-corrected chi connectivity index (χ2v) is 9.80. The molecule has 9 heteroatoms. The standard InChI is InChI=1S/C22H43NO7S/c1-20(2)21(24)29-17-13-11-9-7-6-8-10-12-14-18-30-22(25)23-16-15-19-31(26-3,27-4)28-5/h1,6-19H2,2-5H3,(H,23,25). The zero-order chi connectivity index (χ0) is 23.4. The number of ether oxygens (including phenoxy) is 2. The number of unbranched alkanes of at least 4 members (excludes halogenated alkanes) is 8. The molecule has 1 amide bonds. The minimum atomic E-state index is -1.97. The van der Waals surface area contributed by atoms with Crippen LogP contribution in [-0.2, 0) is 26.8 Å². The number of rotatable bonds is 20. The quantitative estimate of drug-likeness (QED) is 0.150. The summed E-state index contributed by atoms with van der Waals surface area (Å²) >= 11 is 0. The Labute approximate surface area is 190 Å². The molecule has 31 heavy (non-hydrogen) atoms. The van der Waals surface area contributed by atoms with Gasteiger partial charge in [-0.05, 0) is 26.2 Å². The van der Waals surface area contributed by atoms with Crippen molar-refractivity contribution in [2.75, 3.05) is 46.8 Å². The molecule has 0 aromatic carbocycles. The van der Waals surface area contributed by atoms with Gasteiger partial charge < -0.3 is 14.8 Å². The van der Waals surface area contributed by atoms with E-state index in [1.165, 1.54) is 19.3 Å². The summed E-state index contributed by atoms with van der Waals surface area (Å²) in [6.07, 6.45) is 10.1. The highest BCUT2D eigenvalue weighted by atomic mass is 32.3. The lowest BCUT2D eigenvalue weighted by Crippen LogP contribution is -2.27. The first-order valence-electron chi connectivity index (χ1n) is 11.1. The lowest BCUT2D eigenvalue weighted by molar-refractivity contribution is -0.139. The number of esters is 1. The monoisotopic (exact) mass is 465 g/mol. The van der Waals surface area contributed by atoms with Crippen LogP contribution < -0.4 is 5.32 Å². The predicted octanol–water partition coefficient (Wildman–Crippen LogP) is 5.22. The molecule has 0 aromatic rings. The molecule has 0 fully saturated rings. The second kappa shape index (κ2) is 19.4. The summed E-state index contributed by atoms with van der Waals surface area (Å²) in [5, 5.41) is 2.73. The molecular formula is C22H43NO7S. The first-order chi connectivity index (χ1) is 14.9. The molecule has 1 N–H and O–H groups in total. The SMILES string of the molecule is C=C(C)C(=O)OCCCCCCCCCCCOC(=O)NCCCS(OC)(OC)OC. The molecule has 0 rings (SSSR count). The molecule has 0 aliphatic rings. The summed E-state index contributed by atoms with van der Waals surface area (Å²) in [6.45, 7) is 6.62. The number of hydrogen-bond donors (Lipinski definition) is 1. The predicted molar refractivity (Wildman–Crippen MR) is 125 cm³/mol. The Bertz CT molecular complexity index is 490. The zero-order valence-electron chi connectivity index (χ0n) is 19.9. The van der Waals surface area contributed by atoms with Crippen LogP contribution in [0.5, 0.6) is 0 Å². The minimum Gasteiger partial charge on any atom is -0.462 e. The number of amides is 1. The topological polar surface area (TPSA) is 92.3 Å². The highest BCUT2D eigenvalue weighted by Gasteiger charge is 2.22. The van der Waals surface area contributed by atoms with E-state index < -0.39 is 10.9 Å². The van der Waals surface area contributed by atoms with Gasteiger partial charge in [0.25, 0.3) is 0 Å². The summed E-state index contributed by atoms with van der Waals surface area (Å²) in [5.41, 5.74) is 0.450. The van der Waals surface area contributed by atoms with Gasteiger partial charge in [-0.2, -0.15) is 0 Å². The van der Waals surface area contributed by atoms with E-state index in [1.54, 1.807) is 28.3 Å². The van der Waals surface area contributed by atoms with E-state index in [1.807, 2.05) is 0 Å². The zero-order valence-corrected chi connectivity index (χ0v) is 20.7. The van der Waals surface area contributed by atoms with E-state index in [0.29, 0.717) is 37.5 Å². The molecule has 8 nitrogen and oxygen atoms in total. The van der Waals surface area contributed by atoms with E-state index in [4.69, 9.17) is 22.0 Å². The summed E-state index contributed by atoms with van der Waals surface area (Å²) in [7, 11) is 2.69. The smallest absolute Gasteiger partial charge is 0.407 e. The maximum absolute atomic E-state index is 11.7. The summed E-state index contributed by atoms with van der Waals surface area (Å²) < 4.78 is 26.1. The van der Waals surface area contributed by atoms with Crippen molar-refractivity contribution < 1.29 is 31.6 Å². The fourth-order valence-electron chi connectivity index (χ4n) is 2.84. The van der Waals surface area contributed by atoms with Crippen molar-refractivity contribution in [1.29, 1.82) is 0 Å². The maximum atomic E-state index is 11.7. The van der Waals surface area contributed by atoms with Crippen molar-refractivity contribution in [1.82, 2.24) is 5.32 Å². The van der Waals surface area contributed by atoms with Crippen LogP contribution in [0.1, 0.15) is 71.1 Å². The molecule has 0 aromatic heterocycles. The summed E-state index contributed by atoms with van der Waals surface area (Å²) in [6, 6.07) is 0. The van der Waals surface area contributed by atoms with Crippen LogP contribution in [0.3, 0.4) is 0 Å². The number of hydrogen-bond acceptors (Lipinski definition) is 7. The Morgan fingerprint density at radius 2 is 1.19 bits per heavy atom. The first-order valence-corrected chi connectivity index (χ1v) is 12.7. The summed E-state index contributed by atoms with van der Waals surface area (Å²) in [4.78, 5) is 22.9. The van der Waals surface area contributed by atoms with E-state index in [2.05, 4.69) is 11.9 Å². The van der Waals surface area contributed by atoms with E-state index >= 15 is 0 Å². The Kier molecular flexibility index (Phi) is 18.6. The maximum Gasteiger partial charge on any atom is 0.407 e. The highest BCUT2D eigenvalue weighted by Crippen LogP contribution is 2.49. The normalized spacial score (nSPS) is 11.7. The molecule has 0 saturated heterocycles. The third kappa shape index (κ3) is 16.1. The average molecular weight is 466 g/mol. The van der Waals surface area contributed by atoms with Crippen molar-refractivity contribution in [3.05, 3.63) is 12.2 Å². The van der Waals surface area contributed by atoms with Crippen molar-refractivity contribution >= 4 is 22.9 Å². The number of carbonyl (C=O) groups is 2. The largest absolute Gasteiger partial charge is 0.462 e. The van der Waals surface area contributed by atoms with E-state index in [-0.39, 0.29) is 12.1 Å². The van der Waals surface area contributed by atoms with Gasteiger partial charge in [-0.15, -0.1) is 0 Å². The third-order valence-electron chi connectivity index (χ3n) is 4.71. The Hall–Kier alpha value is -1.29. The van der Waals surface area contributed by atoms with Crippen LogP contribution >= 0.6 is 10.9 Å². The molecule has 0 saturated carbocycles. The lowest BCUT2D eigenvalue weighted by Gasteiger charge is -2.33. The van der Waals surface area contributed by atoms with Crippen molar-refractivity contribution in [3.8, 4) is 0 Å². The van der Waals surface area contributed by atoms with Gasteiger partial charge in [0.15, 0.2) is 0 Å². The fraction of sp³-hybridized carbons (Fsp3) is 0.818. The fourth-order valence-corrected chi connectivity index (χ4v) is 4.25. The van der Waals surface area contributed by atoms with Crippen LogP contribution in [0.4, 0.5) is 4.79 Å². The molecule has 0 aliphatic carbocycles. The average Bonchev–Trinajstić information content (AvgIpc) is 2.77. The van der Waals surface area contributed by atoms with Crippen molar-refractivity contribution in [3.63, 3.8) is 0 Å². The highest BCUT2D eigenvalue weighted by molar-refractivity contribution is 8.21. The molecule has 0 unspecified atom stereocenters. The van der Waals surface area contributed by atoms with Gasteiger partial charge in [0, 0.05) is 17.9 Å². The molecule has 0 heterocycles. The Morgan fingerprint density at radius 3 is 1.65 bits per heavy atom. The van der Waals surface area contributed by atoms with Crippen LogP contribution in [0.2, 0.25) is 0 Å². The van der Waals surface area contributed by atoms with Gasteiger partial charge in [-0.1, -0.05) is 51.5 Å². The number of alkyl carbamates (subject to hydrolysis) is 1. The molecule has 0 atom stereocenters. The van der Waals surface area contributed by atoms with Crippen LogP contribution in [0.25, 0.3) is 0 Å². The van der Waals surface area contributed by atoms with Crippen molar-refractivity contribution in [2.24, 2.45) is 0 Å². The summed E-state index contributed by atoms with van der Waals surface area (Å²) in [5.74, 6) is 0.281. The van der Waals surface area contributed by atoms with Gasteiger partial charge in [-0.25, -0.2) is 9.59 Å². The van der Waals surface area contributed by atoms with E-state index in [0.717, 1.165) is 38.5 Å². The van der Waals surface area contributed by atoms with Gasteiger partial charge >= 0.3 is 12.1 Å². The molecule has 0 bridgehead atoms. The Morgan fingerprint density at radius 1 is 0.742 bits per heavy atom. The second-order valence-electron chi connectivity index (χ2n) is 7.28. The Balaban J connectivity index is 3.41. The first kappa shape index (κ1) is 29.7.